The predicted octanol–water partition coefficient (Wildman–Crippen LogP) is 4.93. The first-order chi connectivity index (χ1) is 14.8. The molecule has 2 heterocycles. The van der Waals surface area contributed by atoms with Crippen LogP contribution >= 0.6 is 0 Å². The van der Waals surface area contributed by atoms with Crippen molar-refractivity contribution in [3.63, 3.8) is 0 Å². The summed E-state index contributed by atoms with van der Waals surface area (Å²) in [5.74, 6) is -0.675. The van der Waals surface area contributed by atoms with Gasteiger partial charge >= 0.3 is 5.97 Å². The van der Waals surface area contributed by atoms with E-state index in [1.165, 1.54) is 5.56 Å². The molecule has 0 saturated heterocycles. The molecule has 5 nitrogen and oxygen atoms in total. The number of hydrogen-bond acceptors (Lipinski definition) is 3. The van der Waals surface area contributed by atoms with Crippen LogP contribution in [0.3, 0.4) is 0 Å². The molecule has 2 aromatic carbocycles. The van der Waals surface area contributed by atoms with Gasteiger partial charge in [0.15, 0.2) is 6.10 Å². The number of rotatable bonds is 4. The Labute approximate surface area is 183 Å². The van der Waals surface area contributed by atoms with Crippen LogP contribution in [0.5, 0.6) is 0 Å². The number of benzene rings is 2. The van der Waals surface area contributed by atoms with Gasteiger partial charge in [0.05, 0.1) is 5.56 Å². The Morgan fingerprint density at radius 3 is 2.42 bits per heavy atom. The summed E-state index contributed by atoms with van der Waals surface area (Å²) in [4.78, 5) is 27.9. The second-order valence-corrected chi connectivity index (χ2v) is 8.39. The van der Waals surface area contributed by atoms with Gasteiger partial charge in [-0.15, -0.1) is 0 Å². The number of nitrogens with zero attached hydrogens (tertiary/aromatic N) is 2. The average molecular weight is 417 g/mol. The first-order valence-corrected chi connectivity index (χ1v) is 10.7. The van der Waals surface area contributed by atoms with Gasteiger partial charge in [0, 0.05) is 28.8 Å². The van der Waals surface area contributed by atoms with Gasteiger partial charge in [-0.2, -0.15) is 0 Å². The maximum absolute atomic E-state index is 13.1. The molecule has 1 aliphatic heterocycles. The number of aryl methyl sites for hydroxylation is 2. The molecule has 3 aromatic rings. The van der Waals surface area contributed by atoms with Crippen molar-refractivity contribution in [3.05, 3.63) is 82.7 Å². The van der Waals surface area contributed by atoms with Crippen molar-refractivity contribution in [1.82, 2.24) is 4.57 Å². The molecular formula is C26H28N2O3. The molecule has 160 valence electrons. The fraction of sp³-hybridized carbons (Fsp3) is 0.308. The van der Waals surface area contributed by atoms with E-state index in [1.54, 1.807) is 11.8 Å². The number of ether oxygens (including phenoxy) is 1. The Hall–Kier alpha value is -3.34. The summed E-state index contributed by atoms with van der Waals surface area (Å²) in [6.45, 7) is 9.56. The number of anilines is 1. The first kappa shape index (κ1) is 20.9. The molecule has 1 aliphatic rings. The lowest BCUT2D eigenvalue weighted by atomic mass is 10.1. The highest BCUT2D eigenvalue weighted by molar-refractivity contribution is 6.01. The lowest BCUT2D eigenvalue weighted by molar-refractivity contribution is -0.126. The Morgan fingerprint density at radius 2 is 1.71 bits per heavy atom. The van der Waals surface area contributed by atoms with E-state index < -0.39 is 12.1 Å². The van der Waals surface area contributed by atoms with Crippen LogP contribution in [0.15, 0.2) is 54.6 Å². The van der Waals surface area contributed by atoms with Crippen LogP contribution in [0, 0.1) is 20.8 Å². The molecule has 0 spiro atoms. The smallest absolute Gasteiger partial charge is 0.340 e. The topological polar surface area (TPSA) is 51.5 Å². The Bertz CT molecular complexity index is 1140. The Morgan fingerprint density at radius 1 is 1.03 bits per heavy atom. The van der Waals surface area contributed by atoms with Gasteiger partial charge in [-0.25, -0.2) is 4.79 Å². The number of para-hydroxylation sites is 1. The van der Waals surface area contributed by atoms with Gasteiger partial charge < -0.3 is 14.2 Å². The third-order valence-electron chi connectivity index (χ3n) is 6.02. The van der Waals surface area contributed by atoms with Gasteiger partial charge in [0.25, 0.3) is 5.91 Å². The van der Waals surface area contributed by atoms with Crippen LogP contribution in [0.2, 0.25) is 0 Å². The second-order valence-electron chi connectivity index (χ2n) is 8.39. The highest BCUT2D eigenvalue weighted by Gasteiger charge is 2.35. The third kappa shape index (κ3) is 3.76. The number of esters is 1. The zero-order valence-corrected chi connectivity index (χ0v) is 18.7. The summed E-state index contributed by atoms with van der Waals surface area (Å²) in [6.07, 6.45) is -0.0659. The number of carbonyl (C=O) groups is 2. The highest BCUT2D eigenvalue weighted by atomic mass is 16.5. The van der Waals surface area contributed by atoms with E-state index in [2.05, 4.69) is 0 Å². The van der Waals surface area contributed by atoms with Crippen LogP contribution in [0.25, 0.3) is 5.69 Å². The number of aromatic nitrogens is 1. The molecule has 5 heteroatoms. The number of hydrogen-bond donors (Lipinski definition) is 0. The minimum atomic E-state index is -0.872. The van der Waals surface area contributed by atoms with Gasteiger partial charge in [0.1, 0.15) is 0 Å². The molecule has 0 bridgehead atoms. The lowest BCUT2D eigenvalue weighted by Crippen LogP contribution is -2.43. The van der Waals surface area contributed by atoms with Crippen molar-refractivity contribution >= 4 is 17.6 Å². The van der Waals surface area contributed by atoms with Crippen molar-refractivity contribution < 1.29 is 14.3 Å². The Balaban J connectivity index is 1.54. The molecule has 1 amide bonds. The molecule has 31 heavy (non-hydrogen) atoms. The summed E-state index contributed by atoms with van der Waals surface area (Å²) in [5, 5.41) is 0. The fourth-order valence-corrected chi connectivity index (χ4v) is 4.43. The molecule has 1 aromatic heterocycles. The van der Waals surface area contributed by atoms with Crippen molar-refractivity contribution in [3.8, 4) is 5.69 Å². The van der Waals surface area contributed by atoms with Gasteiger partial charge in [-0.3, -0.25) is 4.79 Å². The predicted molar refractivity (Wildman–Crippen MR) is 122 cm³/mol. The van der Waals surface area contributed by atoms with Crippen LogP contribution in [0.1, 0.15) is 46.7 Å². The number of fused-ring (bicyclic) bond motifs is 1. The van der Waals surface area contributed by atoms with Crippen molar-refractivity contribution in [2.75, 3.05) is 4.90 Å². The zero-order chi connectivity index (χ0) is 22.3. The van der Waals surface area contributed by atoms with E-state index in [0.29, 0.717) is 5.56 Å². The lowest BCUT2D eigenvalue weighted by Gasteiger charge is -2.26. The molecule has 2 atom stereocenters. The van der Waals surface area contributed by atoms with Crippen molar-refractivity contribution in [2.45, 2.75) is 53.2 Å². The van der Waals surface area contributed by atoms with E-state index in [4.69, 9.17) is 4.74 Å². The van der Waals surface area contributed by atoms with Gasteiger partial charge in [0.2, 0.25) is 0 Å². The minimum absolute atomic E-state index is 0.0395. The maximum Gasteiger partial charge on any atom is 0.340 e. The second kappa shape index (κ2) is 8.06. The fourth-order valence-electron chi connectivity index (χ4n) is 4.43. The molecule has 0 unspecified atom stereocenters. The summed E-state index contributed by atoms with van der Waals surface area (Å²) in [5.41, 5.74) is 6.43. The van der Waals surface area contributed by atoms with Crippen LogP contribution < -0.4 is 4.90 Å². The largest absolute Gasteiger partial charge is 0.449 e. The third-order valence-corrected chi connectivity index (χ3v) is 6.02. The molecule has 0 N–H and O–H groups in total. The standard InChI is InChI=1S/C26H28N2O3/c1-16-10-12-22(13-11-16)27-18(3)15-23(19(27)4)26(30)31-20(5)25(29)28-17(2)14-21-8-6-7-9-24(21)28/h6-13,15,17,20H,14H2,1-5H3/t17-,20+/m0/s1. The summed E-state index contributed by atoms with van der Waals surface area (Å²) >= 11 is 0. The summed E-state index contributed by atoms with van der Waals surface area (Å²) in [7, 11) is 0. The molecule has 0 saturated carbocycles. The van der Waals surface area contributed by atoms with E-state index in [1.807, 2.05) is 86.9 Å². The zero-order valence-electron chi connectivity index (χ0n) is 18.7. The first-order valence-electron chi connectivity index (χ1n) is 10.7. The van der Waals surface area contributed by atoms with Crippen LogP contribution in [-0.4, -0.2) is 28.6 Å². The SMILES string of the molecule is Cc1ccc(-n2c(C)cc(C(=O)O[C@H](C)C(=O)N3c4ccccc4C[C@@H]3C)c2C)cc1. The highest BCUT2D eigenvalue weighted by Crippen LogP contribution is 2.32. The van der Waals surface area contributed by atoms with Crippen LogP contribution in [0.4, 0.5) is 5.69 Å². The quantitative estimate of drug-likeness (QED) is 0.567. The average Bonchev–Trinajstić information content (AvgIpc) is 3.23. The minimum Gasteiger partial charge on any atom is -0.449 e. The summed E-state index contributed by atoms with van der Waals surface area (Å²) in [6, 6.07) is 17.9. The monoisotopic (exact) mass is 416 g/mol. The van der Waals surface area contributed by atoms with E-state index in [0.717, 1.165) is 34.7 Å². The maximum atomic E-state index is 13.1. The molecule has 0 fully saturated rings. The summed E-state index contributed by atoms with van der Waals surface area (Å²) < 4.78 is 7.66. The molecular weight excluding hydrogens is 388 g/mol. The van der Waals surface area contributed by atoms with Gasteiger partial charge in [-0.1, -0.05) is 35.9 Å². The van der Waals surface area contributed by atoms with Crippen molar-refractivity contribution in [2.24, 2.45) is 0 Å². The van der Waals surface area contributed by atoms with Crippen molar-refractivity contribution in [1.29, 1.82) is 0 Å². The van der Waals surface area contributed by atoms with E-state index in [-0.39, 0.29) is 11.9 Å². The number of amides is 1. The van der Waals surface area contributed by atoms with E-state index >= 15 is 0 Å². The number of carbonyl (C=O) groups excluding carboxylic acids is 2. The molecule has 0 radical (unpaired) electrons. The molecule has 4 rings (SSSR count). The normalized spacial score (nSPS) is 16.2. The van der Waals surface area contributed by atoms with E-state index in [9.17, 15) is 9.59 Å². The Kier molecular flexibility index (Phi) is 5.44. The van der Waals surface area contributed by atoms with Gasteiger partial charge in [-0.05, 0) is 70.9 Å². The molecule has 0 aliphatic carbocycles. The van der Waals surface area contributed by atoms with Crippen LogP contribution in [-0.2, 0) is 16.0 Å².